The number of methoxy groups -OCH3 is 2. The highest BCUT2D eigenvalue weighted by atomic mass is 32.1. The van der Waals surface area contributed by atoms with E-state index in [1.165, 1.54) is 10.4 Å². The van der Waals surface area contributed by atoms with Crippen LogP contribution in [-0.2, 0) is 12.8 Å². The fourth-order valence-corrected chi connectivity index (χ4v) is 5.60. The number of hydrogen-bond donors (Lipinski definition) is 2. The number of hydrogen-bond acceptors (Lipinski definition) is 5. The normalized spacial score (nSPS) is 21.2. The van der Waals surface area contributed by atoms with Crippen molar-refractivity contribution in [2.45, 2.75) is 46.2 Å². The highest BCUT2D eigenvalue weighted by Gasteiger charge is 2.37. The van der Waals surface area contributed by atoms with Gasteiger partial charge in [-0.25, -0.2) is 0 Å². The summed E-state index contributed by atoms with van der Waals surface area (Å²) in [5, 5.41) is 7.62. The van der Waals surface area contributed by atoms with Crippen LogP contribution in [0.1, 0.15) is 59.7 Å². The van der Waals surface area contributed by atoms with Gasteiger partial charge in [0.1, 0.15) is 22.7 Å². The summed E-state index contributed by atoms with van der Waals surface area (Å²) in [6, 6.07) is 5.66. The van der Waals surface area contributed by atoms with Gasteiger partial charge < -0.3 is 20.1 Å². The van der Waals surface area contributed by atoms with Crippen LogP contribution in [0.2, 0.25) is 0 Å². The van der Waals surface area contributed by atoms with Gasteiger partial charge in [-0.3, -0.25) is 4.79 Å². The Hall–Kier alpha value is -2.21. The van der Waals surface area contributed by atoms with Crippen molar-refractivity contribution >= 4 is 22.2 Å². The first kappa shape index (κ1) is 19.1. The fraction of sp³-hybridized carbons (Fsp3) is 0.500. The molecule has 28 heavy (non-hydrogen) atoms. The molecule has 2 atom stereocenters. The predicted molar refractivity (Wildman–Crippen MR) is 113 cm³/mol. The molecule has 5 nitrogen and oxygen atoms in total. The molecule has 1 amide bonds. The maximum absolute atomic E-state index is 13.0. The number of carbonyl (C=O) groups is 1. The topological polar surface area (TPSA) is 59.6 Å². The molecular formula is C22H28N2O3S. The summed E-state index contributed by atoms with van der Waals surface area (Å²) in [6.45, 7) is 6.94. The van der Waals surface area contributed by atoms with Crippen LogP contribution >= 0.6 is 11.3 Å². The first-order valence-electron chi connectivity index (χ1n) is 9.75. The molecule has 0 radical (unpaired) electrons. The van der Waals surface area contributed by atoms with E-state index in [2.05, 4.69) is 31.4 Å². The van der Waals surface area contributed by atoms with Crippen LogP contribution in [0, 0.1) is 11.3 Å². The molecule has 0 bridgehead atoms. The first-order valence-corrected chi connectivity index (χ1v) is 10.6. The lowest BCUT2D eigenvalue weighted by molar-refractivity contribution is 0.0934. The van der Waals surface area contributed by atoms with Crippen molar-refractivity contribution in [1.82, 2.24) is 5.32 Å². The molecule has 2 N–H and O–H groups in total. The Labute approximate surface area is 170 Å². The van der Waals surface area contributed by atoms with Crippen molar-refractivity contribution in [2.75, 3.05) is 19.5 Å². The summed E-state index contributed by atoms with van der Waals surface area (Å²) in [4.78, 5) is 14.4. The van der Waals surface area contributed by atoms with Crippen molar-refractivity contribution in [3.05, 3.63) is 39.8 Å². The maximum atomic E-state index is 13.0. The lowest BCUT2D eigenvalue weighted by Crippen LogP contribution is -2.38. The van der Waals surface area contributed by atoms with Gasteiger partial charge in [0.15, 0.2) is 0 Å². The molecule has 0 saturated carbocycles. The summed E-state index contributed by atoms with van der Waals surface area (Å²) < 4.78 is 10.8. The summed E-state index contributed by atoms with van der Waals surface area (Å²) in [5.74, 6) is 2.07. The van der Waals surface area contributed by atoms with E-state index in [9.17, 15) is 4.79 Å². The molecule has 150 valence electrons. The van der Waals surface area contributed by atoms with Gasteiger partial charge in [0.05, 0.1) is 19.8 Å². The highest BCUT2D eigenvalue weighted by Crippen LogP contribution is 2.46. The molecule has 2 aromatic rings. The molecule has 2 aliphatic rings. The van der Waals surface area contributed by atoms with Crippen LogP contribution in [0.15, 0.2) is 18.2 Å². The summed E-state index contributed by atoms with van der Waals surface area (Å²) in [7, 11) is 3.26. The third-order valence-electron chi connectivity index (χ3n) is 6.02. The average molecular weight is 401 g/mol. The molecule has 4 rings (SSSR count). The van der Waals surface area contributed by atoms with Gasteiger partial charge in [-0.2, -0.15) is 0 Å². The number of anilines is 1. The number of nitrogens with one attached hydrogen (secondary N) is 2. The number of thiophene rings is 1. The molecule has 0 unspecified atom stereocenters. The van der Waals surface area contributed by atoms with Crippen LogP contribution in [0.4, 0.5) is 5.00 Å². The third-order valence-corrected chi connectivity index (χ3v) is 7.21. The van der Waals surface area contributed by atoms with E-state index in [1.54, 1.807) is 25.6 Å². The number of carbonyl (C=O) groups excluding carboxylic acids is 1. The molecule has 6 heteroatoms. The lowest BCUT2D eigenvalue weighted by atomic mass is 9.72. The molecule has 2 heterocycles. The zero-order valence-corrected chi connectivity index (χ0v) is 18.0. The van der Waals surface area contributed by atoms with Crippen molar-refractivity contribution in [3.8, 4) is 11.5 Å². The van der Waals surface area contributed by atoms with E-state index in [-0.39, 0.29) is 17.5 Å². The fourth-order valence-electron chi connectivity index (χ4n) is 4.25. The van der Waals surface area contributed by atoms with Crippen molar-refractivity contribution < 1.29 is 14.3 Å². The average Bonchev–Trinajstić information content (AvgIpc) is 3.04. The second-order valence-corrected chi connectivity index (χ2v) is 9.78. The van der Waals surface area contributed by atoms with Gasteiger partial charge in [-0.1, -0.05) is 20.8 Å². The van der Waals surface area contributed by atoms with Crippen molar-refractivity contribution in [2.24, 2.45) is 11.3 Å². The summed E-state index contributed by atoms with van der Waals surface area (Å²) in [6.07, 6.45) is 2.86. The minimum Gasteiger partial charge on any atom is -0.497 e. The predicted octanol–water partition coefficient (Wildman–Crippen LogP) is 4.77. The quantitative estimate of drug-likeness (QED) is 0.779. The smallest absolute Gasteiger partial charge is 0.256 e. The van der Waals surface area contributed by atoms with Crippen LogP contribution in [0.25, 0.3) is 0 Å². The van der Waals surface area contributed by atoms with Gasteiger partial charge in [-0.05, 0) is 48.3 Å². The largest absolute Gasteiger partial charge is 0.497 e. The second kappa shape index (κ2) is 6.99. The van der Waals surface area contributed by atoms with Gasteiger partial charge in [0.25, 0.3) is 5.91 Å². The minimum atomic E-state index is -0.320. The van der Waals surface area contributed by atoms with E-state index in [4.69, 9.17) is 9.47 Å². The number of benzene rings is 1. The summed E-state index contributed by atoms with van der Waals surface area (Å²) >= 11 is 1.74. The van der Waals surface area contributed by atoms with Gasteiger partial charge in [0.2, 0.25) is 0 Å². The SMILES string of the molecule is COc1ccc([C@H]2NC(=O)c3c(sc4c3CC[C@@H](C(C)(C)C)C4)N2)c(OC)c1. The molecule has 1 aliphatic carbocycles. The number of ether oxygens (including phenoxy) is 2. The Balaban J connectivity index is 1.66. The number of amides is 1. The molecule has 0 fully saturated rings. The third kappa shape index (κ3) is 3.24. The Morgan fingerprint density at radius 1 is 1.14 bits per heavy atom. The van der Waals surface area contributed by atoms with Crippen molar-refractivity contribution in [3.63, 3.8) is 0 Å². The monoisotopic (exact) mass is 400 g/mol. The number of rotatable bonds is 3. The minimum absolute atomic E-state index is 0.00308. The van der Waals surface area contributed by atoms with Crippen LogP contribution in [-0.4, -0.2) is 20.1 Å². The number of fused-ring (bicyclic) bond motifs is 3. The van der Waals surface area contributed by atoms with Gasteiger partial charge in [-0.15, -0.1) is 11.3 Å². The Kier molecular flexibility index (Phi) is 4.78. The second-order valence-electron chi connectivity index (χ2n) is 8.67. The van der Waals surface area contributed by atoms with E-state index >= 15 is 0 Å². The standard InChI is InChI=1S/C22H28N2O3S/c1-22(2,3)12-6-8-15-17(10-12)28-21-18(15)20(25)23-19(24-21)14-9-7-13(26-4)11-16(14)27-5/h7,9,11-12,19,24H,6,8,10H2,1-5H3,(H,23,25)/t12-,19+/m1/s1. The van der Waals surface area contributed by atoms with Crippen LogP contribution in [0.3, 0.4) is 0 Å². The van der Waals surface area contributed by atoms with Crippen molar-refractivity contribution in [1.29, 1.82) is 0 Å². The van der Waals surface area contributed by atoms with Gasteiger partial charge >= 0.3 is 0 Å². The Bertz CT molecular complexity index is 913. The van der Waals surface area contributed by atoms with E-state index in [0.717, 1.165) is 41.1 Å². The van der Waals surface area contributed by atoms with E-state index < -0.39 is 0 Å². The zero-order valence-electron chi connectivity index (χ0n) is 17.1. The zero-order chi connectivity index (χ0) is 20.1. The molecular weight excluding hydrogens is 372 g/mol. The molecule has 1 aromatic carbocycles. The van der Waals surface area contributed by atoms with E-state index in [0.29, 0.717) is 11.7 Å². The molecule has 0 saturated heterocycles. The van der Waals surface area contributed by atoms with Gasteiger partial charge in [0, 0.05) is 16.5 Å². The van der Waals surface area contributed by atoms with Crippen LogP contribution in [0.5, 0.6) is 11.5 Å². The van der Waals surface area contributed by atoms with E-state index in [1.807, 2.05) is 18.2 Å². The Morgan fingerprint density at radius 2 is 1.93 bits per heavy atom. The maximum Gasteiger partial charge on any atom is 0.256 e. The molecule has 0 spiro atoms. The Morgan fingerprint density at radius 3 is 2.61 bits per heavy atom. The highest BCUT2D eigenvalue weighted by molar-refractivity contribution is 7.16. The molecule has 1 aliphatic heterocycles. The summed E-state index contributed by atoms with van der Waals surface area (Å²) in [5.41, 5.74) is 3.26. The van der Waals surface area contributed by atoms with Crippen LogP contribution < -0.4 is 20.1 Å². The molecule has 1 aromatic heterocycles. The first-order chi connectivity index (χ1) is 13.3. The lowest BCUT2D eigenvalue weighted by Gasteiger charge is -2.34.